The lowest BCUT2D eigenvalue weighted by Crippen LogP contribution is -2.32. The van der Waals surface area contributed by atoms with Gasteiger partial charge < -0.3 is 10.2 Å². The third-order valence-electron chi connectivity index (χ3n) is 3.16. The predicted molar refractivity (Wildman–Crippen MR) is 68.0 cm³/mol. The number of likely N-dealkylation sites (tertiary alicyclic amines) is 1. The molecule has 1 aromatic heterocycles. The first-order valence-electron chi connectivity index (χ1n) is 5.78. The molecule has 1 saturated heterocycles. The first kappa shape index (κ1) is 11.7. The lowest BCUT2D eigenvalue weighted by Gasteiger charge is -2.29. The highest BCUT2D eigenvalue weighted by Crippen LogP contribution is 2.17. The Morgan fingerprint density at radius 1 is 1.44 bits per heavy atom. The van der Waals surface area contributed by atoms with Gasteiger partial charge in [0, 0.05) is 6.54 Å². The number of aromatic nitrogens is 1. The summed E-state index contributed by atoms with van der Waals surface area (Å²) in [5.74, 6) is 0.784. The van der Waals surface area contributed by atoms with Crippen LogP contribution in [0.4, 0.5) is 5.69 Å². The number of nitrogens with one attached hydrogen (secondary N) is 1. The van der Waals surface area contributed by atoms with Crippen molar-refractivity contribution in [1.29, 1.82) is 0 Å². The second-order valence-corrected chi connectivity index (χ2v) is 4.88. The molecule has 0 atom stereocenters. The summed E-state index contributed by atoms with van der Waals surface area (Å²) in [6.45, 7) is 3.47. The van der Waals surface area contributed by atoms with Gasteiger partial charge in [-0.3, -0.25) is 0 Å². The highest BCUT2D eigenvalue weighted by Gasteiger charge is 2.15. The number of nitrogens with zero attached hydrogens (tertiary/aromatic N) is 2. The average molecular weight is 240 g/mol. The summed E-state index contributed by atoms with van der Waals surface area (Å²) in [7, 11) is 2.19. The van der Waals surface area contributed by atoms with E-state index in [4.69, 9.17) is 11.6 Å². The topological polar surface area (TPSA) is 28.2 Å². The van der Waals surface area contributed by atoms with Crippen LogP contribution >= 0.6 is 11.6 Å². The van der Waals surface area contributed by atoms with Gasteiger partial charge in [0.25, 0.3) is 0 Å². The molecule has 4 heteroatoms. The van der Waals surface area contributed by atoms with Gasteiger partial charge in [0.2, 0.25) is 0 Å². The van der Waals surface area contributed by atoms with Crippen molar-refractivity contribution in [3.63, 3.8) is 0 Å². The summed E-state index contributed by atoms with van der Waals surface area (Å²) in [6, 6.07) is 3.79. The molecule has 1 aromatic rings. The molecule has 1 aliphatic heterocycles. The number of rotatable bonds is 3. The number of hydrogen-bond acceptors (Lipinski definition) is 3. The number of halogens is 1. The van der Waals surface area contributed by atoms with Crippen molar-refractivity contribution in [1.82, 2.24) is 9.88 Å². The molecule has 88 valence electrons. The summed E-state index contributed by atoms with van der Waals surface area (Å²) in [4.78, 5) is 6.44. The molecule has 16 heavy (non-hydrogen) atoms. The number of anilines is 1. The van der Waals surface area contributed by atoms with Gasteiger partial charge in [-0.15, -0.1) is 0 Å². The average Bonchev–Trinajstić information content (AvgIpc) is 2.30. The van der Waals surface area contributed by atoms with Crippen LogP contribution in [-0.4, -0.2) is 36.6 Å². The van der Waals surface area contributed by atoms with Crippen LogP contribution < -0.4 is 5.32 Å². The number of pyridine rings is 1. The monoisotopic (exact) mass is 239 g/mol. The highest BCUT2D eigenvalue weighted by molar-refractivity contribution is 6.29. The van der Waals surface area contributed by atoms with E-state index in [0.717, 1.165) is 18.2 Å². The molecule has 1 N–H and O–H groups in total. The largest absolute Gasteiger partial charge is 0.384 e. The Labute approximate surface area is 102 Å². The summed E-state index contributed by atoms with van der Waals surface area (Å²) in [6.07, 6.45) is 4.35. The Morgan fingerprint density at radius 2 is 2.19 bits per heavy atom. The second-order valence-electron chi connectivity index (χ2n) is 4.50. The van der Waals surface area contributed by atoms with Crippen molar-refractivity contribution in [3.8, 4) is 0 Å². The molecule has 3 nitrogen and oxygen atoms in total. The molecule has 0 bridgehead atoms. The Hall–Kier alpha value is -0.800. The molecule has 0 radical (unpaired) electrons. The summed E-state index contributed by atoms with van der Waals surface area (Å²) in [5, 5.41) is 3.96. The van der Waals surface area contributed by atoms with Gasteiger partial charge in [-0.25, -0.2) is 4.98 Å². The lowest BCUT2D eigenvalue weighted by atomic mass is 9.97. The van der Waals surface area contributed by atoms with Gasteiger partial charge in [0.05, 0.1) is 11.9 Å². The molecule has 0 aliphatic carbocycles. The van der Waals surface area contributed by atoms with E-state index in [1.54, 1.807) is 6.20 Å². The van der Waals surface area contributed by atoms with Crippen LogP contribution in [0.1, 0.15) is 12.8 Å². The van der Waals surface area contributed by atoms with Crippen LogP contribution in [0, 0.1) is 5.92 Å². The maximum absolute atomic E-state index is 5.73. The normalized spacial score (nSPS) is 18.6. The molecule has 2 rings (SSSR count). The van der Waals surface area contributed by atoms with E-state index in [0.29, 0.717) is 5.15 Å². The second kappa shape index (κ2) is 5.51. The standard InChI is InChI=1S/C12H18ClN3/c1-16-6-4-10(5-7-16)8-14-11-2-3-12(13)15-9-11/h2-3,9-10,14H,4-8H2,1H3. The zero-order valence-electron chi connectivity index (χ0n) is 9.62. The van der Waals surface area contributed by atoms with Gasteiger partial charge in [-0.2, -0.15) is 0 Å². The van der Waals surface area contributed by atoms with Crippen LogP contribution in [0.25, 0.3) is 0 Å². The summed E-state index contributed by atoms with van der Waals surface area (Å²) >= 11 is 5.73. The molecular formula is C12H18ClN3. The van der Waals surface area contributed by atoms with Gasteiger partial charge in [-0.1, -0.05) is 11.6 Å². The van der Waals surface area contributed by atoms with E-state index < -0.39 is 0 Å². The van der Waals surface area contributed by atoms with Crippen molar-refractivity contribution in [2.24, 2.45) is 5.92 Å². The third-order valence-corrected chi connectivity index (χ3v) is 3.38. The van der Waals surface area contributed by atoms with Crippen LogP contribution in [0.15, 0.2) is 18.3 Å². The van der Waals surface area contributed by atoms with E-state index in [-0.39, 0.29) is 0 Å². The molecular weight excluding hydrogens is 222 g/mol. The van der Waals surface area contributed by atoms with Gasteiger partial charge in [0.1, 0.15) is 5.15 Å². The van der Waals surface area contributed by atoms with Crippen molar-refractivity contribution < 1.29 is 0 Å². The maximum Gasteiger partial charge on any atom is 0.129 e. The minimum Gasteiger partial charge on any atom is -0.384 e. The summed E-state index contributed by atoms with van der Waals surface area (Å²) in [5.41, 5.74) is 1.06. The van der Waals surface area contributed by atoms with E-state index in [2.05, 4.69) is 22.2 Å². The Balaban J connectivity index is 1.77. The predicted octanol–water partition coefficient (Wildman–Crippen LogP) is 2.49. The molecule has 0 unspecified atom stereocenters. The van der Waals surface area contributed by atoms with E-state index in [9.17, 15) is 0 Å². The van der Waals surface area contributed by atoms with Crippen molar-refractivity contribution in [2.45, 2.75) is 12.8 Å². The molecule has 0 amide bonds. The smallest absolute Gasteiger partial charge is 0.129 e. The van der Waals surface area contributed by atoms with Gasteiger partial charge in [-0.05, 0) is 51.0 Å². The van der Waals surface area contributed by atoms with Crippen LogP contribution in [0.2, 0.25) is 5.15 Å². The first-order chi connectivity index (χ1) is 7.74. The van der Waals surface area contributed by atoms with Crippen molar-refractivity contribution in [3.05, 3.63) is 23.5 Å². The molecule has 0 aromatic carbocycles. The Kier molecular flexibility index (Phi) is 4.02. The minimum atomic E-state index is 0.546. The Morgan fingerprint density at radius 3 is 2.81 bits per heavy atom. The summed E-state index contributed by atoms with van der Waals surface area (Å²) < 4.78 is 0. The van der Waals surface area contributed by atoms with Crippen LogP contribution in [-0.2, 0) is 0 Å². The van der Waals surface area contributed by atoms with Crippen molar-refractivity contribution in [2.75, 3.05) is 32.0 Å². The molecule has 1 aliphatic rings. The number of piperidine rings is 1. The molecule has 2 heterocycles. The van der Waals surface area contributed by atoms with E-state index in [1.807, 2.05) is 12.1 Å². The fourth-order valence-corrected chi connectivity index (χ4v) is 2.12. The van der Waals surface area contributed by atoms with E-state index >= 15 is 0 Å². The van der Waals surface area contributed by atoms with Crippen LogP contribution in [0.3, 0.4) is 0 Å². The quantitative estimate of drug-likeness (QED) is 0.822. The molecule has 1 fully saturated rings. The number of hydrogen-bond donors (Lipinski definition) is 1. The van der Waals surface area contributed by atoms with Gasteiger partial charge in [0.15, 0.2) is 0 Å². The molecule has 0 saturated carbocycles. The zero-order chi connectivity index (χ0) is 11.4. The maximum atomic E-state index is 5.73. The van der Waals surface area contributed by atoms with Crippen molar-refractivity contribution >= 4 is 17.3 Å². The first-order valence-corrected chi connectivity index (χ1v) is 6.16. The lowest BCUT2D eigenvalue weighted by molar-refractivity contribution is 0.226. The fraction of sp³-hybridized carbons (Fsp3) is 0.583. The zero-order valence-corrected chi connectivity index (χ0v) is 10.4. The third kappa shape index (κ3) is 3.35. The van der Waals surface area contributed by atoms with Gasteiger partial charge >= 0.3 is 0 Å². The Bertz CT molecular complexity index is 318. The minimum absolute atomic E-state index is 0.546. The fourth-order valence-electron chi connectivity index (χ4n) is 2.01. The van der Waals surface area contributed by atoms with Crippen LogP contribution in [0.5, 0.6) is 0 Å². The molecule has 0 spiro atoms. The van der Waals surface area contributed by atoms with E-state index in [1.165, 1.54) is 25.9 Å². The SMILES string of the molecule is CN1CCC(CNc2ccc(Cl)nc2)CC1. The highest BCUT2D eigenvalue weighted by atomic mass is 35.5.